The second-order valence-corrected chi connectivity index (χ2v) is 4.25. The number of pyridine rings is 1. The van der Waals surface area contributed by atoms with Gasteiger partial charge in [0.2, 0.25) is 0 Å². The molecule has 0 saturated carbocycles. The molecule has 1 N–H and O–H groups in total. The van der Waals surface area contributed by atoms with E-state index in [1.54, 1.807) is 6.07 Å². The highest BCUT2D eigenvalue weighted by Gasteiger charge is 2.20. The molecule has 0 bridgehead atoms. The Morgan fingerprint density at radius 2 is 2.47 bits per heavy atom. The van der Waals surface area contributed by atoms with Gasteiger partial charge < -0.3 is 9.84 Å². The van der Waals surface area contributed by atoms with E-state index in [-0.39, 0.29) is 5.69 Å². The standard InChI is InChI=1S/C12H16N2O3/c1-14(10-5-6-17-8-10)7-9-3-2-4-11(13-9)12(15)16/h2-4,10H,5-8H2,1H3,(H,15,16). The Bertz CT molecular complexity index is 402. The number of hydrogen-bond donors (Lipinski definition) is 1. The quantitative estimate of drug-likeness (QED) is 0.845. The van der Waals surface area contributed by atoms with Gasteiger partial charge in [-0.2, -0.15) is 0 Å². The molecule has 1 atom stereocenters. The van der Waals surface area contributed by atoms with Crippen LogP contribution in [0.1, 0.15) is 22.6 Å². The van der Waals surface area contributed by atoms with E-state index in [0.29, 0.717) is 12.6 Å². The van der Waals surface area contributed by atoms with Crippen LogP contribution in [0.15, 0.2) is 18.2 Å². The van der Waals surface area contributed by atoms with Crippen molar-refractivity contribution in [2.24, 2.45) is 0 Å². The number of carboxylic acid groups (broad SMARTS) is 1. The van der Waals surface area contributed by atoms with Crippen molar-refractivity contribution in [2.75, 3.05) is 20.3 Å². The number of nitrogens with zero attached hydrogens (tertiary/aromatic N) is 2. The summed E-state index contributed by atoms with van der Waals surface area (Å²) in [7, 11) is 2.01. The number of carbonyl (C=O) groups is 1. The van der Waals surface area contributed by atoms with E-state index in [4.69, 9.17) is 9.84 Å². The third-order valence-electron chi connectivity index (χ3n) is 2.97. The molecule has 0 amide bonds. The van der Waals surface area contributed by atoms with Crippen molar-refractivity contribution in [2.45, 2.75) is 19.0 Å². The number of rotatable bonds is 4. The minimum Gasteiger partial charge on any atom is -0.477 e. The first-order chi connectivity index (χ1) is 8.16. The van der Waals surface area contributed by atoms with Gasteiger partial charge in [-0.3, -0.25) is 4.90 Å². The van der Waals surface area contributed by atoms with Crippen molar-refractivity contribution >= 4 is 5.97 Å². The van der Waals surface area contributed by atoms with Crippen molar-refractivity contribution in [3.05, 3.63) is 29.6 Å². The maximum absolute atomic E-state index is 10.8. The topological polar surface area (TPSA) is 62.7 Å². The van der Waals surface area contributed by atoms with Gasteiger partial charge in [-0.25, -0.2) is 9.78 Å². The highest BCUT2D eigenvalue weighted by Crippen LogP contribution is 2.13. The van der Waals surface area contributed by atoms with Crippen LogP contribution < -0.4 is 0 Å². The molecule has 0 aliphatic carbocycles. The van der Waals surface area contributed by atoms with Crippen LogP contribution in [0.4, 0.5) is 0 Å². The first-order valence-corrected chi connectivity index (χ1v) is 5.64. The maximum atomic E-state index is 10.8. The van der Waals surface area contributed by atoms with Gasteiger partial charge in [-0.05, 0) is 25.6 Å². The van der Waals surface area contributed by atoms with E-state index in [1.165, 1.54) is 6.07 Å². The minimum absolute atomic E-state index is 0.0959. The first kappa shape index (κ1) is 12.0. The predicted molar refractivity (Wildman–Crippen MR) is 61.9 cm³/mol. The molecule has 92 valence electrons. The fraction of sp³-hybridized carbons (Fsp3) is 0.500. The summed E-state index contributed by atoms with van der Waals surface area (Å²) >= 11 is 0. The summed E-state index contributed by atoms with van der Waals surface area (Å²) in [5, 5.41) is 8.86. The van der Waals surface area contributed by atoms with Gasteiger partial charge in [0.25, 0.3) is 0 Å². The van der Waals surface area contributed by atoms with Crippen LogP contribution in [0.5, 0.6) is 0 Å². The Morgan fingerprint density at radius 3 is 3.12 bits per heavy atom. The Morgan fingerprint density at radius 1 is 1.65 bits per heavy atom. The third kappa shape index (κ3) is 3.01. The average molecular weight is 236 g/mol. The van der Waals surface area contributed by atoms with Crippen molar-refractivity contribution in [3.8, 4) is 0 Å². The number of carboxylic acids is 1. The third-order valence-corrected chi connectivity index (χ3v) is 2.97. The van der Waals surface area contributed by atoms with Gasteiger partial charge in [-0.1, -0.05) is 6.07 Å². The van der Waals surface area contributed by atoms with Crippen LogP contribution in [0.2, 0.25) is 0 Å². The number of aromatic carboxylic acids is 1. The molecule has 1 aliphatic rings. The first-order valence-electron chi connectivity index (χ1n) is 5.64. The van der Waals surface area contributed by atoms with Crippen molar-refractivity contribution in [1.82, 2.24) is 9.88 Å². The SMILES string of the molecule is CN(Cc1cccc(C(=O)O)n1)C1CCOC1. The molecule has 1 aromatic rings. The zero-order chi connectivity index (χ0) is 12.3. The molecule has 17 heavy (non-hydrogen) atoms. The van der Waals surface area contributed by atoms with Crippen LogP contribution >= 0.6 is 0 Å². The summed E-state index contributed by atoms with van der Waals surface area (Å²) in [6, 6.07) is 5.49. The summed E-state index contributed by atoms with van der Waals surface area (Å²) in [6.07, 6.45) is 1.02. The Balaban J connectivity index is 2.02. The second kappa shape index (κ2) is 5.25. The summed E-state index contributed by atoms with van der Waals surface area (Å²) < 4.78 is 5.32. The van der Waals surface area contributed by atoms with Crippen molar-refractivity contribution < 1.29 is 14.6 Å². The van der Waals surface area contributed by atoms with Crippen LogP contribution in [0.25, 0.3) is 0 Å². The van der Waals surface area contributed by atoms with Gasteiger partial charge in [-0.15, -0.1) is 0 Å². The molecule has 1 fully saturated rings. The van der Waals surface area contributed by atoms with Crippen LogP contribution in [-0.2, 0) is 11.3 Å². The van der Waals surface area contributed by atoms with E-state index >= 15 is 0 Å². The van der Waals surface area contributed by atoms with Crippen molar-refractivity contribution in [3.63, 3.8) is 0 Å². The molecule has 5 heteroatoms. The van der Waals surface area contributed by atoms with E-state index in [2.05, 4.69) is 9.88 Å². The molecule has 0 spiro atoms. The number of ether oxygens (including phenoxy) is 1. The molecule has 1 aliphatic heterocycles. The smallest absolute Gasteiger partial charge is 0.354 e. The van der Waals surface area contributed by atoms with Gasteiger partial charge in [0.05, 0.1) is 12.3 Å². The molecular weight excluding hydrogens is 220 g/mol. The highest BCUT2D eigenvalue weighted by molar-refractivity contribution is 5.85. The Hall–Kier alpha value is -1.46. The fourth-order valence-corrected chi connectivity index (χ4v) is 1.94. The Labute approximate surface area is 100 Å². The molecule has 1 unspecified atom stereocenters. The number of aromatic nitrogens is 1. The lowest BCUT2D eigenvalue weighted by Gasteiger charge is -2.22. The van der Waals surface area contributed by atoms with E-state index in [0.717, 1.165) is 25.3 Å². The number of hydrogen-bond acceptors (Lipinski definition) is 4. The van der Waals surface area contributed by atoms with Crippen LogP contribution in [-0.4, -0.2) is 47.3 Å². The van der Waals surface area contributed by atoms with Gasteiger partial charge in [0.15, 0.2) is 0 Å². The van der Waals surface area contributed by atoms with Crippen LogP contribution in [0, 0.1) is 0 Å². The lowest BCUT2D eigenvalue weighted by molar-refractivity contribution is 0.0689. The monoisotopic (exact) mass is 236 g/mol. The molecule has 0 radical (unpaired) electrons. The lowest BCUT2D eigenvalue weighted by atomic mass is 10.2. The predicted octanol–water partition coefficient (Wildman–Crippen LogP) is 1.00. The summed E-state index contributed by atoms with van der Waals surface area (Å²) in [4.78, 5) is 17.1. The van der Waals surface area contributed by atoms with Crippen molar-refractivity contribution in [1.29, 1.82) is 0 Å². The van der Waals surface area contributed by atoms with Gasteiger partial charge in [0.1, 0.15) is 5.69 Å². The molecule has 2 heterocycles. The molecule has 2 rings (SSSR count). The van der Waals surface area contributed by atoms with E-state index in [1.807, 2.05) is 13.1 Å². The normalized spacial score (nSPS) is 19.8. The van der Waals surface area contributed by atoms with E-state index in [9.17, 15) is 4.79 Å². The fourth-order valence-electron chi connectivity index (χ4n) is 1.94. The van der Waals surface area contributed by atoms with Crippen LogP contribution in [0.3, 0.4) is 0 Å². The molecular formula is C12H16N2O3. The lowest BCUT2D eigenvalue weighted by Crippen LogP contribution is -2.31. The number of likely N-dealkylation sites (N-methyl/N-ethyl adjacent to an activating group) is 1. The second-order valence-electron chi connectivity index (χ2n) is 4.25. The Kier molecular flexibility index (Phi) is 3.71. The summed E-state index contributed by atoms with van der Waals surface area (Å²) in [6.45, 7) is 2.20. The average Bonchev–Trinajstić information content (AvgIpc) is 2.82. The molecule has 5 nitrogen and oxygen atoms in total. The molecule has 1 saturated heterocycles. The molecule has 1 aromatic heterocycles. The van der Waals surface area contributed by atoms with Gasteiger partial charge in [0, 0.05) is 19.2 Å². The maximum Gasteiger partial charge on any atom is 0.354 e. The largest absolute Gasteiger partial charge is 0.477 e. The summed E-state index contributed by atoms with van der Waals surface area (Å²) in [5.74, 6) is -0.987. The highest BCUT2D eigenvalue weighted by atomic mass is 16.5. The minimum atomic E-state index is -0.987. The summed E-state index contributed by atoms with van der Waals surface area (Å²) in [5.41, 5.74) is 0.873. The zero-order valence-corrected chi connectivity index (χ0v) is 9.80. The van der Waals surface area contributed by atoms with E-state index < -0.39 is 5.97 Å². The zero-order valence-electron chi connectivity index (χ0n) is 9.80. The van der Waals surface area contributed by atoms with Gasteiger partial charge >= 0.3 is 5.97 Å². The molecule has 0 aromatic carbocycles.